The number of ether oxygens (including phenoxy) is 1. The lowest BCUT2D eigenvalue weighted by Crippen LogP contribution is -2.39. The average molecular weight is 385 g/mol. The monoisotopic (exact) mass is 385 g/mol. The van der Waals surface area contributed by atoms with E-state index < -0.39 is 5.97 Å². The van der Waals surface area contributed by atoms with Gasteiger partial charge >= 0.3 is 5.97 Å². The highest BCUT2D eigenvalue weighted by Gasteiger charge is 2.21. The first-order valence-electron chi connectivity index (χ1n) is 8.58. The molecule has 0 aliphatic carbocycles. The summed E-state index contributed by atoms with van der Waals surface area (Å²) in [6.07, 6.45) is 0.596. The lowest BCUT2D eigenvalue weighted by molar-refractivity contribution is -0.109. The zero-order valence-electron chi connectivity index (χ0n) is 15.7. The summed E-state index contributed by atoms with van der Waals surface area (Å²) >= 11 is 1.17. The molecule has 0 heterocycles. The van der Waals surface area contributed by atoms with Crippen LogP contribution in [0.5, 0.6) is 0 Å². The molecular weight excluding hydrogens is 362 g/mol. The second-order valence-electron chi connectivity index (χ2n) is 6.14. The average Bonchev–Trinajstić information content (AvgIpc) is 2.67. The number of thioether (sulfide) groups is 1. The van der Waals surface area contributed by atoms with Crippen LogP contribution in [0.3, 0.4) is 0 Å². The number of esters is 1. The first kappa shape index (κ1) is 20.7. The third kappa shape index (κ3) is 5.96. The van der Waals surface area contributed by atoms with Crippen molar-refractivity contribution in [2.24, 2.45) is 0 Å². The summed E-state index contributed by atoms with van der Waals surface area (Å²) in [5.74, 6) is -0.469. The van der Waals surface area contributed by atoms with E-state index in [4.69, 9.17) is 4.74 Å². The quantitative estimate of drug-likeness (QED) is 0.740. The van der Waals surface area contributed by atoms with E-state index in [-0.39, 0.29) is 28.2 Å². The maximum absolute atomic E-state index is 12.8. The van der Waals surface area contributed by atoms with Crippen LogP contribution in [0.1, 0.15) is 38.8 Å². The molecule has 0 saturated carbocycles. The first-order chi connectivity index (χ1) is 12.9. The Morgan fingerprint density at radius 3 is 2.30 bits per heavy atom. The molecule has 1 amide bonds. The van der Waals surface area contributed by atoms with Crippen molar-refractivity contribution in [3.63, 3.8) is 0 Å². The molecule has 2 aromatic carbocycles. The smallest absolute Gasteiger partial charge is 0.338 e. The molecule has 1 unspecified atom stereocenters. The van der Waals surface area contributed by atoms with Crippen LogP contribution in [0.2, 0.25) is 0 Å². The van der Waals surface area contributed by atoms with Crippen LogP contribution in [0.15, 0.2) is 48.5 Å². The number of carbonyl (C=O) groups excluding carboxylic acids is 3. The third-order valence-electron chi connectivity index (χ3n) is 4.13. The van der Waals surface area contributed by atoms with Crippen molar-refractivity contribution in [3.05, 3.63) is 70.8 Å². The summed E-state index contributed by atoms with van der Waals surface area (Å²) in [5, 5.41) is 2.96. The highest BCUT2D eigenvalue weighted by molar-refractivity contribution is 8.13. The predicted octanol–water partition coefficient (Wildman–Crippen LogP) is 3.40. The number of nitrogens with one attached hydrogen (secondary N) is 1. The van der Waals surface area contributed by atoms with Crippen LogP contribution < -0.4 is 5.32 Å². The summed E-state index contributed by atoms with van der Waals surface area (Å²) in [6.45, 7) is 3.52. The topological polar surface area (TPSA) is 72.5 Å². The normalized spacial score (nSPS) is 11.5. The van der Waals surface area contributed by atoms with E-state index >= 15 is 0 Å². The van der Waals surface area contributed by atoms with E-state index in [0.717, 1.165) is 11.1 Å². The Balaban J connectivity index is 2.22. The minimum absolute atomic E-state index is 0.00556. The number of rotatable bonds is 7. The van der Waals surface area contributed by atoms with E-state index in [1.54, 1.807) is 24.3 Å². The number of methoxy groups -OCH3 is 1. The van der Waals surface area contributed by atoms with Crippen LogP contribution >= 0.6 is 11.8 Å². The number of aryl methyl sites for hydroxylation is 1. The van der Waals surface area contributed by atoms with Crippen LogP contribution in [0, 0.1) is 6.92 Å². The Kier molecular flexibility index (Phi) is 7.61. The van der Waals surface area contributed by atoms with Gasteiger partial charge in [-0.2, -0.15) is 0 Å². The van der Waals surface area contributed by atoms with E-state index in [2.05, 4.69) is 5.32 Å². The van der Waals surface area contributed by atoms with Gasteiger partial charge in [0.15, 0.2) is 5.12 Å². The molecule has 0 fully saturated rings. The molecule has 0 saturated heterocycles. The molecule has 0 aromatic heterocycles. The van der Waals surface area contributed by atoms with Gasteiger partial charge in [0.2, 0.25) is 0 Å². The fraction of sp³-hybridized carbons (Fsp3) is 0.286. The molecule has 0 spiro atoms. The standard InChI is InChI=1S/C21H23NO4S/c1-14-8-4-5-9-16(14)12-17(13-27-15(2)23)22-20(24)18-10-6-7-11-19(18)21(25)26-3/h4-11,17H,12-13H2,1-3H3,(H,22,24). The van der Waals surface area contributed by atoms with Gasteiger partial charge in [0.1, 0.15) is 0 Å². The summed E-state index contributed by atoms with van der Waals surface area (Å²) < 4.78 is 4.75. The van der Waals surface area contributed by atoms with Crippen molar-refractivity contribution in [2.75, 3.05) is 12.9 Å². The van der Waals surface area contributed by atoms with Crippen molar-refractivity contribution in [3.8, 4) is 0 Å². The lowest BCUT2D eigenvalue weighted by Gasteiger charge is -2.20. The largest absolute Gasteiger partial charge is 0.465 e. The van der Waals surface area contributed by atoms with Crippen molar-refractivity contribution in [1.29, 1.82) is 0 Å². The highest BCUT2D eigenvalue weighted by atomic mass is 32.2. The number of amides is 1. The van der Waals surface area contributed by atoms with Crippen molar-refractivity contribution < 1.29 is 19.1 Å². The molecule has 2 aromatic rings. The minimum Gasteiger partial charge on any atom is -0.465 e. The fourth-order valence-electron chi connectivity index (χ4n) is 2.71. The maximum atomic E-state index is 12.8. The third-order valence-corrected chi connectivity index (χ3v) is 5.10. The van der Waals surface area contributed by atoms with Gasteiger partial charge in [0, 0.05) is 18.7 Å². The fourth-order valence-corrected chi connectivity index (χ4v) is 3.34. The van der Waals surface area contributed by atoms with Crippen LogP contribution in [-0.2, 0) is 16.0 Å². The molecule has 1 atom stereocenters. The van der Waals surface area contributed by atoms with Crippen LogP contribution in [0.25, 0.3) is 0 Å². The van der Waals surface area contributed by atoms with Crippen LogP contribution in [0.4, 0.5) is 0 Å². The minimum atomic E-state index is -0.561. The number of hydrogen-bond acceptors (Lipinski definition) is 5. The molecule has 0 radical (unpaired) electrons. The summed E-state index contributed by atoms with van der Waals surface area (Å²) in [7, 11) is 1.28. The SMILES string of the molecule is COC(=O)c1ccccc1C(=O)NC(CSC(C)=O)Cc1ccccc1C. The van der Waals surface area contributed by atoms with Crippen molar-refractivity contribution in [2.45, 2.75) is 26.3 Å². The Morgan fingerprint density at radius 1 is 1.04 bits per heavy atom. The molecule has 0 aliphatic heterocycles. The van der Waals surface area contributed by atoms with Gasteiger partial charge in [-0.05, 0) is 36.6 Å². The molecule has 1 N–H and O–H groups in total. The summed E-state index contributed by atoms with van der Waals surface area (Å²) in [4.78, 5) is 36.1. The van der Waals surface area contributed by atoms with Gasteiger partial charge in [-0.15, -0.1) is 0 Å². The Morgan fingerprint density at radius 2 is 1.67 bits per heavy atom. The number of benzene rings is 2. The van der Waals surface area contributed by atoms with Gasteiger partial charge in [-0.25, -0.2) is 4.79 Å². The highest BCUT2D eigenvalue weighted by Crippen LogP contribution is 2.15. The molecular formula is C21H23NO4S. The van der Waals surface area contributed by atoms with E-state index in [0.29, 0.717) is 12.2 Å². The molecule has 0 aliphatic rings. The van der Waals surface area contributed by atoms with E-state index in [1.165, 1.54) is 25.8 Å². The van der Waals surface area contributed by atoms with Gasteiger partial charge in [-0.1, -0.05) is 48.2 Å². The molecule has 2 rings (SSSR count). The number of hydrogen-bond donors (Lipinski definition) is 1. The van der Waals surface area contributed by atoms with E-state index in [9.17, 15) is 14.4 Å². The Labute approximate surface area is 163 Å². The van der Waals surface area contributed by atoms with Gasteiger partial charge in [0.05, 0.1) is 18.2 Å². The Hall–Kier alpha value is -2.60. The second-order valence-corrected chi connectivity index (χ2v) is 7.34. The van der Waals surface area contributed by atoms with Crippen molar-refractivity contribution >= 4 is 28.8 Å². The summed E-state index contributed by atoms with van der Waals surface area (Å²) in [5.41, 5.74) is 2.70. The zero-order chi connectivity index (χ0) is 19.8. The van der Waals surface area contributed by atoms with Gasteiger partial charge in [-0.3, -0.25) is 9.59 Å². The molecule has 27 heavy (non-hydrogen) atoms. The number of carbonyl (C=O) groups is 3. The zero-order valence-corrected chi connectivity index (χ0v) is 16.5. The van der Waals surface area contributed by atoms with Gasteiger partial charge < -0.3 is 10.1 Å². The molecule has 0 bridgehead atoms. The Bertz CT molecular complexity index is 834. The van der Waals surface area contributed by atoms with Crippen molar-refractivity contribution in [1.82, 2.24) is 5.32 Å². The molecule has 6 heteroatoms. The van der Waals surface area contributed by atoms with Gasteiger partial charge in [0.25, 0.3) is 5.91 Å². The predicted molar refractivity (Wildman–Crippen MR) is 107 cm³/mol. The lowest BCUT2D eigenvalue weighted by atomic mass is 10.0. The van der Waals surface area contributed by atoms with Crippen LogP contribution in [-0.4, -0.2) is 35.9 Å². The molecule has 5 nitrogen and oxygen atoms in total. The second kappa shape index (κ2) is 9.92. The van der Waals surface area contributed by atoms with E-state index in [1.807, 2.05) is 31.2 Å². The first-order valence-corrected chi connectivity index (χ1v) is 9.57. The summed E-state index contributed by atoms with van der Waals surface area (Å²) in [6, 6.07) is 14.2. The molecule has 142 valence electrons. The maximum Gasteiger partial charge on any atom is 0.338 e.